The molecule has 1 fully saturated rings. The summed E-state index contributed by atoms with van der Waals surface area (Å²) in [5.74, 6) is -0.0765. The number of anilines is 1. The quantitative estimate of drug-likeness (QED) is 0.603. The molecule has 3 atom stereocenters. The smallest absolute Gasteiger partial charge is 0.275 e. The molecule has 33 heavy (non-hydrogen) atoms. The molecule has 4 rings (SSSR count). The molecule has 2 aromatic rings. The Bertz CT molecular complexity index is 1080. The Balaban J connectivity index is 1.53. The van der Waals surface area contributed by atoms with Gasteiger partial charge in [-0.3, -0.25) is 9.79 Å². The largest absolute Gasteiger partial charge is 0.476 e. The Morgan fingerprint density at radius 1 is 1.36 bits per heavy atom. The number of hydrogen-bond donors (Lipinski definition) is 2. The van der Waals surface area contributed by atoms with Crippen molar-refractivity contribution in [2.45, 2.75) is 37.5 Å². The van der Waals surface area contributed by atoms with Gasteiger partial charge in [0, 0.05) is 24.3 Å². The van der Waals surface area contributed by atoms with Gasteiger partial charge in [0.15, 0.2) is 5.17 Å². The topological polar surface area (TPSA) is 112 Å². The van der Waals surface area contributed by atoms with Crippen molar-refractivity contribution in [2.75, 3.05) is 25.6 Å². The number of carbonyl (C=O) groups is 1. The van der Waals surface area contributed by atoms with Crippen LogP contribution in [0.25, 0.3) is 0 Å². The summed E-state index contributed by atoms with van der Waals surface area (Å²) in [7, 11) is 1.65. The fourth-order valence-electron chi connectivity index (χ4n) is 4.28. The van der Waals surface area contributed by atoms with Crippen molar-refractivity contribution in [1.29, 1.82) is 0 Å². The zero-order chi connectivity index (χ0) is 23.8. The van der Waals surface area contributed by atoms with Crippen molar-refractivity contribution < 1.29 is 18.7 Å². The van der Waals surface area contributed by atoms with E-state index in [1.54, 1.807) is 13.2 Å². The number of nitrogens with two attached hydrogens (primary N) is 1. The van der Waals surface area contributed by atoms with Crippen LogP contribution in [-0.2, 0) is 10.3 Å². The molecule has 0 bridgehead atoms. The Morgan fingerprint density at radius 2 is 2.15 bits per heavy atom. The minimum Gasteiger partial charge on any atom is -0.476 e. The molecule has 1 aliphatic carbocycles. The minimum atomic E-state index is -0.853. The normalized spacial score (nSPS) is 25.9. The summed E-state index contributed by atoms with van der Waals surface area (Å²) in [4.78, 5) is 25.6. The third kappa shape index (κ3) is 4.67. The maximum atomic E-state index is 15.0. The second-order valence-electron chi connectivity index (χ2n) is 9.05. The van der Waals surface area contributed by atoms with E-state index in [2.05, 4.69) is 20.3 Å². The van der Waals surface area contributed by atoms with Crippen LogP contribution in [0.1, 0.15) is 43.2 Å². The van der Waals surface area contributed by atoms with E-state index in [1.807, 2.05) is 20.8 Å². The van der Waals surface area contributed by atoms with E-state index in [0.717, 1.165) is 6.42 Å². The average Bonchev–Trinajstić information content (AvgIpc) is 3.48. The van der Waals surface area contributed by atoms with E-state index in [9.17, 15) is 9.18 Å². The number of ether oxygens (including phenoxy) is 2. The van der Waals surface area contributed by atoms with Gasteiger partial charge >= 0.3 is 0 Å². The van der Waals surface area contributed by atoms with E-state index in [-0.39, 0.29) is 16.4 Å². The van der Waals surface area contributed by atoms with Crippen molar-refractivity contribution in [1.82, 2.24) is 9.97 Å². The summed E-state index contributed by atoms with van der Waals surface area (Å²) in [6.07, 6.45) is 3.58. The van der Waals surface area contributed by atoms with Crippen LogP contribution in [0.4, 0.5) is 10.1 Å². The van der Waals surface area contributed by atoms with E-state index < -0.39 is 17.3 Å². The molecular weight excluding hydrogens is 445 g/mol. The predicted octanol–water partition coefficient (Wildman–Crippen LogP) is 3.58. The Kier molecular flexibility index (Phi) is 6.32. The zero-order valence-corrected chi connectivity index (χ0v) is 19.9. The zero-order valence-electron chi connectivity index (χ0n) is 19.1. The number of amides is 1. The second-order valence-corrected chi connectivity index (χ2v) is 10.5. The van der Waals surface area contributed by atoms with Gasteiger partial charge in [0.2, 0.25) is 5.88 Å². The lowest BCUT2D eigenvalue weighted by Gasteiger charge is -2.34. The van der Waals surface area contributed by atoms with Crippen LogP contribution in [0.3, 0.4) is 0 Å². The van der Waals surface area contributed by atoms with E-state index in [4.69, 9.17) is 15.2 Å². The number of carbonyl (C=O) groups excluding carboxylic acids is 1. The summed E-state index contributed by atoms with van der Waals surface area (Å²) in [5.41, 5.74) is 6.21. The van der Waals surface area contributed by atoms with Gasteiger partial charge in [0.05, 0.1) is 35.9 Å². The summed E-state index contributed by atoms with van der Waals surface area (Å²) in [6, 6.07) is 4.45. The number of nitrogens with one attached hydrogen (secondary N) is 1. The molecule has 1 amide bonds. The number of fused-ring (bicyclic) bond motifs is 1. The van der Waals surface area contributed by atoms with Crippen molar-refractivity contribution in [3.8, 4) is 5.88 Å². The van der Waals surface area contributed by atoms with E-state index in [1.165, 1.54) is 36.3 Å². The standard InChI is InChI=1S/C23H28FN5O3S/c1-13(2)11-32-19-10-26-17(9-27-19)20(30)28-14-5-6-16(24)15(7-14)22(3)18-8-23(18,12-31-4)33-21(25)29-22/h5-7,9-10,13,18H,8,11-12H2,1-4H3,(H2,25,29)(H,28,30)/t18-,22-,23+/m0/s1. The maximum Gasteiger partial charge on any atom is 0.275 e. The molecule has 0 spiro atoms. The first-order valence-corrected chi connectivity index (χ1v) is 11.6. The van der Waals surface area contributed by atoms with Gasteiger partial charge in [-0.25, -0.2) is 14.4 Å². The van der Waals surface area contributed by atoms with Crippen molar-refractivity contribution >= 4 is 28.5 Å². The minimum absolute atomic E-state index is 0.0759. The molecule has 0 radical (unpaired) electrons. The number of halogens is 1. The molecular formula is C23H28FN5O3S. The van der Waals surface area contributed by atoms with Gasteiger partial charge in [-0.2, -0.15) is 0 Å². The number of nitrogens with zero attached hydrogens (tertiary/aromatic N) is 3. The van der Waals surface area contributed by atoms with Crippen LogP contribution >= 0.6 is 11.8 Å². The van der Waals surface area contributed by atoms with E-state index in [0.29, 0.717) is 41.4 Å². The van der Waals surface area contributed by atoms with Crippen LogP contribution in [0.2, 0.25) is 0 Å². The van der Waals surface area contributed by atoms with Crippen LogP contribution in [0.15, 0.2) is 35.6 Å². The van der Waals surface area contributed by atoms with Crippen LogP contribution in [-0.4, -0.2) is 46.1 Å². The monoisotopic (exact) mass is 473 g/mol. The molecule has 2 heterocycles. The molecule has 10 heteroatoms. The Morgan fingerprint density at radius 3 is 2.82 bits per heavy atom. The molecule has 0 saturated heterocycles. The average molecular weight is 474 g/mol. The summed E-state index contributed by atoms with van der Waals surface area (Å²) in [5, 5.41) is 3.18. The van der Waals surface area contributed by atoms with Crippen LogP contribution < -0.4 is 15.8 Å². The highest BCUT2D eigenvalue weighted by Gasteiger charge is 2.66. The third-order valence-corrected chi connectivity index (χ3v) is 7.21. The Labute approximate surface area is 196 Å². The third-order valence-electron chi connectivity index (χ3n) is 5.94. The fraction of sp³-hybridized carbons (Fsp3) is 0.478. The predicted molar refractivity (Wildman–Crippen MR) is 126 cm³/mol. The summed E-state index contributed by atoms with van der Waals surface area (Å²) < 4.78 is 25.7. The number of rotatable bonds is 8. The molecule has 3 N–H and O–H groups in total. The highest BCUT2D eigenvalue weighted by molar-refractivity contribution is 8.15. The first-order valence-electron chi connectivity index (χ1n) is 10.8. The van der Waals surface area contributed by atoms with Crippen LogP contribution in [0, 0.1) is 17.7 Å². The van der Waals surface area contributed by atoms with Gasteiger partial charge in [0.25, 0.3) is 5.91 Å². The summed E-state index contributed by atoms with van der Waals surface area (Å²) in [6.45, 7) is 6.96. The van der Waals surface area contributed by atoms with Gasteiger partial charge in [-0.1, -0.05) is 25.6 Å². The van der Waals surface area contributed by atoms with Gasteiger partial charge in [-0.05, 0) is 37.5 Å². The number of benzene rings is 1. The molecule has 2 aliphatic rings. The van der Waals surface area contributed by atoms with Crippen molar-refractivity contribution in [3.63, 3.8) is 0 Å². The van der Waals surface area contributed by atoms with Gasteiger partial charge in [0.1, 0.15) is 11.5 Å². The molecule has 1 aliphatic heterocycles. The number of aliphatic imine (C=N–C) groups is 1. The molecule has 1 aromatic heterocycles. The number of thioether (sulfide) groups is 1. The number of aromatic nitrogens is 2. The SMILES string of the molecule is COC[C@]12C[C@H]1[C@](C)(c1cc(NC(=O)c3cnc(OCC(C)C)cn3)ccc1F)N=C(N)S2. The van der Waals surface area contributed by atoms with Gasteiger partial charge in [-0.15, -0.1) is 0 Å². The second kappa shape index (κ2) is 8.90. The highest BCUT2D eigenvalue weighted by atomic mass is 32.2. The molecule has 1 saturated carbocycles. The first kappa shape index (κ1) is 23.4. The highest BCUT2D eigenvalue weighted by Crippen LogP contribution is 2.66. The molecule has 0 unspecified atom stereocenters. The van der Waals surface area contributed by atoms with Crippen molar-refractivity contribution in [3.05, 3.63) is 47.7 Å². The molecule has 8 nitrogen and oxygen atoms in total. The first-order chi connectivity index (χ1) is 15.7. The Hall–Kier alpha value is -2.72. The molecule has 1 aromatic carbocycles. The maximum absolute atomic E-state index is 15.0. The number of hydrogen-bond acceptors (Lipinski definition) is 8. The van der Waals surface area contributed by atoms with E-state index >= 15 is 0 Å². The lowest BCUT2D eigenvalue weighted by atomic mass is 9.85. The fourth-order valence-corrected chi connectivity index (χ4v) is 5.73. The van der Waals surface area contributed by atoms with Crippen LogP contribution in [0.5, 0.6) is 5.88 Å². The van der Waals surface area contributed by atoms with Crippen molar-refractivity contribution in [2.24, 2.45) is 22.6 Å². The lowest BCUT2D eigenvalue weighted by molar-refractivity contribution is 0.102. The summed E-state index contributed by atoms with van der Waals surface area (Å²) >= 11 is 1.49. The lowest BCUT2D eigenvalue weighted by Crippen LogP contribution is -2.37. The number of methoxy groups -OCH3 is 1. The van der Waals surface area contributed by atoms with Gasteiger partial charge < -0.3 is 20.5 Å². The number of amidine groups is 1. The molecule has 176 valence electrons.